The summed E-state index contributed by atoms with van der Waals surface area (Å²) in [5, 5.41) is 12.6. The number of amides is 1. The SMILES string of the molecule is Nc1cc(Cl)cc(C(=O)NCC2CCCC2CO)c1. The van der Waals surface area contributed by atoms with Crippen LogP contribution in [0.25, 0.3) is 0 Å². The zero-order valence-electron chi connectivity index (χ0n) is 10.7. The van der Waals surface area contributed by atoms with Gasteiger partial charge in [0.15, 0.2) is 0 Å². The second-order valence-corrected chi connectivity index (χ2v) is 5.55. The summed E-state index contributed by atoms with van der Waals surface area (Å²) >= 11 is 5.87. The van der Waals surface area contributed by atoms with Crippen LogP contribution in [0, 0.1) is 11.8 Å². The van der Waals surface area contributed by atoms with E-state index in [1.807, 2.05) is 0 Å². The molecule has 1 aromatic rings. The molecule has 1 amide bonds. The Bertz CT molecular complexity index is 445. The van der Waals surface area contributed by atoms with Crippen molar-refractivity contribution in [2.45, 2.75) is 19.3 Å². The van der Waals surface area contributed by atoms with Gasteiger partial charge >= 0.3 is 0 Å². The van der Waals surface area contributed by atoms with E-state index >= 15 is 0 Å². The second kappa shape index (κ2) is 6.26. The summed E-state index contributed by atoms with van der Waals surface area (Å²) in [5.41, 5.74) is 6.62. The summed E-state index contributed by atoms with van der Waals surface area (Å²) in [6, 6.07) is 4.82. The molecule has 0 spiro atoms. The molecule has 5 heteroatoms. The van der Waals surface area contributed by atoms with E-state index in [1.54, 1.807) is 18.2 Å². The van der Waals surface area contributed by atoms with Gasteiger partial charge < -0.3 is 16.2 Å². The largest absolute Gasteiger partial charge is 0.399 e. The van der Waals surface area contributed by atoms with Gasteiger partial charge in [0, 0.05) is 29.4 Å². The fourth-order valence-corrected chi connectivity index (χ4v) is 2.94. The first-order valence-electron chi connectivity index (χ1n) is 6.55. The maximum atomic E-state index is 12.0. The van der Waals surface area contributed by atoms with Crippen LogP contribution >= 0.6 is 11.6 Å². The Labute approximate surface area is 117 Å². The summed E-state index contributed by atoms with van der Waals surface area (Å²) in [5.74, 6) is 0.507. The van der Waals surface area contributed by atoms with Gasteiger partial charge in [-0.15, -0.1) is 0 Å². The van der Waals surface area contributed by atoms with Gasteiger partial charge in [0.1, 0.15) is 0 Å². The van der Waals surface area contributed by atoms with Crippen LogP contribution in [0.1, 0.15) is 29.6 Å². The third-order valence-corrected chi connectivity index (χ3v) is 3.98. The first-order chi connectivity index (χ1) is 9.10. The predicted octanol–water partition coefficient (Wildman–Crippen LogP) is 2.06. The number of anilines is 1. The number of carbonyl (C=O) groups is 1. The highest BCUT2D eigenvalue weighted by atomic mass is 35.5. The molecule has 0 saturated heterocycles. The van der Waals surface area contributed by atoms with E-state index in [4.69, 9.17) is 17.3 Å². The van der Waals surface area contributed by atoms with Gasteiger partial charge in [-0.25, -0.2) is 0 Å². The van der Waals surface area contributed by atoms with Gasteiger partial charge in [0.25, 0.3) is 5.91 Å². The molecule has 1 aromatic carbocycles. The van der Waals surface area contributed by atoms with Crippen LogP contribution < -0.4 is 11.1 Å². The summed E-state index contributed by atoms with van der Waals surface area (Å²) in [6.45, 7) is 0.793. The highest BCUT2D eigenvalue weighted by Gasteiger charge is 2.26. The number of rotatable bonds is 4. The minimum atomic E-state index is -0.169. The van der Waals surface area contributed by atoms with E-state index in [1.165, 1.54) is 0 Å². The molecular formula is C14H19ClN2O2. The van der Waals surface area contributed by atoms with Crippen LogP contribution in [0.15, 0.2) is 18.2 Å². The number of hydrogen-bond donors (Lipinski definition) is 3. The van der Waals surface area contributed by atoms with Gasteiger partial charge in [-0.1, -0.05) is 18.0 Å². The molecule has 0 aliphatic heterocycles. The van der Waals surface area contributed by atoms with Crippen LogP contribution in [0.5, 0.6) is 0 Å². The van der Waals surface area contributed by atoms with E-state index in [9.17, 15) is 9.90 Å². The highest BCUT2D eigenvalue weighted by Crippen LogP contribution is 2.30. The Morgan fingerprint density at radius 2 is 2.11 bits per heavy atom. The molecule has 0 heterocycles. The molecule has 2 unspecified atom stereocenters. The highest BCUT2D eigenvalue weighted by molar-refractivity contribution is 6.31. The maximum Gasteiger partial charge on any atom is 0.251 e. The van der Waals surface area contributed by atoms with Crippen molar-refractivity contribution in [3.63, 3.8) is 0 Å². The van der Waals surface area contributed by atoms with Gasteiger partial charge in [0.05, 0.1) is 0 Å². The van der Waals surface area contributed by atoms with E-state index < -0.39 is 0 Å². The number of nitrogens with one attached hydrogen (secondary N) is 1. The molecule has 104 valence electrons. The summed E-state index contributed by atoms with van der Waals surface area (Å²) in [6.07, 6.45) is 3.22. The lowest BCUT2D eigenvalue weighted by atomic mass is 9.97. The quantitative estimate of drug-likeness (QED) is 0.740. The summed E-state index contributed by atoms with van der Waals surface area (Å²) in [4.78, 5) is 12.0. The van der Waals surface area contributed by atoms with Crippen molar-refractivity contribution in [3.8, 4) is 0 Å². The molecule has 2 rings (SSSR count). The number of carbonyl (C=O) groups excluding carboxylic acids is 1. The van der Waals surface area contributed by atoms with Crippen molar-refractivity contribution >= 4 is 23.2 Å². The number of nitrogen functional groups attached to an aromatic ring is 1. The zero-order valence-corrected chi connectivity index (χ0v) is 11.5. The Balaban J connectivity index is 1.94. The molecule has 0 bridgehead atoms. The van der Waals surface area contributed by atoms with Crippen molar-refractivity contribution in [2.24, 2.45) is 11.8 Å². The predicted molar refractivity (Wildman–Crippen MR) is 76.1 cm³/mol. The molecule has 1 saturated carbocycles. The Kier molecular flexibility index (Phi) is 4.66. The van der Waals surface area contributed by atoms with Crippen molar-refractivity contribution in [3.05, 3.63) is 28.8 Å². The smallest absolute Gasteiger partial charge is 0.251 e. The fourth-order valence-electron chi connectivity index (χ4n) is 2.69. The Hall–Kier alpha value is -1.26. The third-order valence-electron chi connectivity index (χ3n) is 3.76. The summed E-state index contributed by atoms with van der Waals surface area (Å²) in [7, 11) is 0. The number of hydrogen-bond acceptors (Lipinski definition) is 3. The van der Waals surface area contributed by atoms with E-state index in [0.29, 0.717) is 34.7 Å². The average molecular weight is 283 g/mol. The number of benzene rings is 1. The van der Waals surface area contributed by atoms with Crippen LogP contribution in [-0.4, -0.2) is 24.2 Å². The van der Waals surface area contributed by atoms with Crippen LogP contribution in [-0.2, 0) is 0 Å². The van der Waals surface area contributed by atoms with Crippen LogP contribution in [0.4, 0.5) is 5.69 Å². The van der Waals surface area contributed by atoms with E-state index in [2.05, 4.69) is 5.32 Å². The number of aliphatic hydroxyl groups excluding tert-OH is 1. The molecule has 1 aliphatic carbocycles. The third kappa shape index (κ3) is 3.61. The molecule has 19 heavy (non-hydrogen) atoms. The van der Waals surface area contributed by atoms with Gasteiger partial charge in [-0.2, -0.15) is 0 Å². The number of aliphatic hydroxyl groups is 1. The number of halogens is 1. The van der Waals surface area contributed by atoms with Gasteiger partial charge in [-0.05, 0) is 42.9 Å². The molecule has 1 aliphatic rings. The molecule has 2 atom stereocenters. The van der Waals surface area contributed by atoms with Crippen molar-refractivity contribution in [2.75, 3.05) is 18.9 Å². The minimum absolute atomic E-state index is 0.169. The molecule has 1 fully saturated rings. The van der Waals surface area contributed by atoms with Crippen molar-refractivity contribution < 1.29 is 9.90 Å². The maximum absolute atomic E-state index is 12.0. The number of nitrogens with two attached hydrogens (primary N) is 1. The zero-order chi connectivity index (χ0) is 13.8. The second-order valence-electron chi connectivity index (χ2n) is 5.12. The summed E-state index contributed by atoms with van der Waals surface area (Å²) < 4.78 is 0. The van der Waals surface area contributed by atoms with E-state index in [-0.39, 0.29) is 12.5 Å². The fraction of sp³-hybridized carbons (Fsp3) is 0.500. The standard InChI is InChI=1S/C14H19ClN2O2/c15-12-4-11(5-13(16)6-12)14(19)17-7-9-2-1-3-10(9)8-18/h4-6,9-10,18H,1-3,7-8,16H2,(H,17,19). The van der Waals surface area contributed by atoms with Gasteiger partial charge in [0.2, 0.25) is 0 Å². The molecule has 0 radical (unpaired) electrons. The lowest BCUT2D eigenvalue weighted by Gasteiger charge is -2.17. The monoisotopic (exact) mass is 282 g/mol. The lowest BCUT2D eigenvalue weighted by molar-refractivity contribution is 0.0938. The minimum Gasteiger partial charge on any atom is -0.399 e. The Morgan fingerprint density at radius 1 is 1.37 bits per heavy atom. The first-order valence-corrected chi connectivity index (χ1v) is 6.93. The normalized spacial score (nSPS) is 22.4. The topological polar surface area (TPSA) is 75.4 Å². The molecule has 4 nitrogen and oxygen atoms in total. The first kappa shape index (κ1) is 14.2. The van der Waals surface area contributed by atoms with Crippen LogP contribution in [0.3, 0.4) is 0 Å². The average Bonchev–Trinajstić information content (AvgIpc) is 2.82. The molecule has 4 N–H and O–H groups in total. The van der Waals surface area contributed by atoms with E-state index in [0.717, 1.165) is 19.3 Å². The van der Waals surface area contributed by atoms with Gasteiger partial charge in [-0.3, -0.25) is 4.79 Å². The molecule has 0 aromatic heterocycles. The lowest BCUT2D eigenvalue weighted by Crippen LogP contribution is -2.31. The van der Waals surface area contributed by atoms with Crippen LogP contribution in [0.2, 0.25) is 5.02 Å². The van der Waals surface area contributed by atoms with Crippen molar-refractivity contribution in [1.82, 2.24) is 5.32 Å². The Morgan fingerprint density at radius 3 is 2.79 bits per heavy atom. The van der Waals surface area contributed by atoms with Crippen molar-refractivity contribution in [1.29, 1.82) is 0 Å². The molecular weight excluding hydrogens is 264 g/mol.